The zero-order chi connectivity index (χ0) is 23.6. The number of aromatic nitrogens is 1. The number of fused-ring (bicyclic) bond motifs is 3. The van der Waals surface area contributed by atoms with E-state index in [4.69, 9.17) is 0 Å². The predicted octanol–water partition coefficient (Wildman–Crippen LogP) is 7.76. The van der Waals surface area contributed by atoms with Gasteiger partial charge in [0.15, 0.2) is 6.04 Å². The Hall–Kier alpha value is -3.41. The highest BCUT2D eigenvalue weighted by Gasteiger charge is 2.34. The summed E-state index contributed by atoms with van der Waals surface area (Å²) in [7, 11) is -6.00. The third kappa shape index (κ3) is 5.00. The normalized spacial score (nSPS) is 12.1. The van der Waals surface area contributed by atoms with Gasteiger partial charge in [-0.2, -0.15) is 4.57 Å². The van der Waals surface area contributed by atoms with Crippen LogP contribution < -0.4 is 4.57 Å². The van der Waals surface area contributed by atoms with Crippen LogP contribution in [-0.2, 0) is 6.42 Å². The third-order valence-corrected chi connectivity index (χ3v) is 5.70. The van der Waals surface area contributed by atoms with Gasteiger partial charge in [-0.05, 0) is 48.7 Å². The van der Waals surface area contributed by atoms with E-state index in [1.54, 1.807) is 0 Å². The number of pyridine rings is 1. The molecule has 0 N–H and O–H groups in total. The highest BCUT2D eigenvalue weighted by atomic mass is 19.5. The van der Waals surface area contributed by atoms with Crippen LogP contribution in [0.5, 0.6) is 0 Å². The van der Waals surface area contributed by atoms with Crippen LogP contribution in [0.25, 0.3) is 33.6 Å². The first kappa shape index (κ1) is 22.8. The lowest BCUT2D eigenvalue weighted by Crippen LogP contribution is -2.41. The second kappa shape index (κ2) is 9.22. The van der Waals surface area contributed by atoms with Crippen LogP contribution >= 0.6 is 0 Å². The summed E-state index contributed by atoms with van der Waals surface area (Å²) in [5, 5.41) is 0. The average molecular weight is 449 g/mol. The molecule has 1 aliphatic rings. The molecule has 4 aromatic rings. The van der Waals surface area contributed by atoms with Crippen molar-refractivity contribution in [1.29, 1.82) is 0 Å². The summed E-state index contributed by atoms with van der Waals surface area (Å²) in [5.74, 6) is 0. The number of rotatable bonds is 3. The second-order valence-corrected chi connectivity index (χ2v) is 8.30. The molecule has 1 aromatic heterocycles. The average Bonchev–Trinajstić information content (AvgIpc) is 3.17. The van der Waals surface area contributed by atoms with Crippen LogP contribution in [0.1, 0.15) is 31.0 Å². The van der Waals surface area contributed by atoms with Crippen molar-refractivity contribution in [2.75, 3.05) is 0 Å². The number of hydrogen-bond donors (Lipinski definition) is 0. The van der Waals surface area contributed by atoms with Gasteiger partial charge in [0.2, 0.25) is 11.4 Å². The van der Waals surface area contributed by atoms with E-state index in [-0.39, 0.29) is 0 Å². The Balaban J connectivity index is 0.000000471. The van der Waals surface area contributed by atoms with Crippen LogP contribution in [0.2, 0.25) is 0 Å². The first-order valence-electron chi connectivity index (χ1n) is 10.9. The predicted molar refractivity (Wildman–Crippen MR) is 126 cm³/mol. The van der Waals surface area contributed by atoms with Crippen molar-refractivity contribution in [2.24, 2.45) is 0 Å². The lowest BCUT2D eigenvalue weighted by Gasteiger charge is -2.16. The van der Waals surface area contributed by atoms with Crippen molar-refractivity contribution in [3.05, 3.63) is 102 Å². The number of halogens is 4. The Bertz CT molecular complexity index is 1250. The van der Waals surface area contributed by atoms with Crippen LogP contribution in [0.3, 0.4) is 0 Å². The van der Waals surface area contributed by atoms with Gasteiger partial charge in [0.1, 0.15) is 0 Å². The van der Waals surface area contributed by atoms with E-state index >= 15 is 0 Å². The van der Waals surface area contributed by atoms with Crippen LogP contribution in [0, 0.1) is 0 Å². The zero-order valence-electron chi connectivity index (χ0n) is 18.5. The number of nitrogens with zero attached hydrogens (tertiary/aromatic N) is 1. The quantitative estimate of drug-likeness (QED) is 0.151. The lowest BCUT2D eigenvalue weighted by molar-refractivity contribution is -0.695. The Labute approximate surface area is 191 Å². The molecular formula is C27H24BF4N. The summed E-state index contributed by atoms with van der Waals surface area (Å²) < 4.78 is 41.5. The summed E-state index contributed by atoms with van der Waals surface area (Å²) >= 11 is 0. The first-order chi connectivity index (χ1) is 15.7. The van der Waals surface area contributed by atoms with Crippen LogP contribution in [0.15, 0.2) is 91.0 Å². The van der Waals surface area contributed by atoms with Gasteiger partial charge < -0.3 is 17.3 Å². The molecule has 0 fully saturated rings. The van der Waals surface area contributed by atoms with Crippen molar-refractivity contribution in [1.82, 2.24) is 0 Å². The monoisotopic (exact) mass is 449 g/mol. The molecule has 1 nitrogen and oxygen atoms in total. The Kier molecular flexibility index (Phi) is 6.36. The van der Waals surface area contributed by atoms with Gasteiger partial charge in [-0.3, -0.25) is 0 Å². The maximum Gasteiger partial charge on any atom is 0.673 e. The van der Waals surface area contributed by atoms with Crippen molar-refractivity contribution >= 4 is 7.25 Å². The maximum absolute atomic E-state index is 9.75. The molecule has 0 saturated heterocycles. The molecule has 5 rings (SSSR count). The van der Waals surface area contributed by atoms with Gasteiger partial charge in [0.05, 0.1) is 5.56 Å². The molecule has 0 amide bonds. The fourth-order valence-corrected chi connectivity index (χ4v) is 4.50. The van der Waals surface area contributed by atoms with Crippen LogP contribution in [0.4, 0.5) is 17.3 Å². The summed E-state index contributed by atoms with van der Waals surface area (Å²) in [6, 6.07) is 33.2. The largest absolute Gasteiger partial charge is 0.673 e. The molecule has 0 unspecified atom stereocenters. The van der Waals surface area contributed by atoms with E-state index < -0.39 is 7.25 Å². The summed E-state index contributed by atoms with van der Waals surface area (Å²) in [6.45, 7) is 4.58. The highest BCUT2D eigenvalue weighted by molar-refractivity contribution is 6.50. The molecule has 0 atom stereocenters. The molecule has 0 bridgehead atoms. The van der Waals surface area contributed by atoms with E-state index in [1.807, 2.05) is 0 Å². The van der Waals surface area contributed by atoms with Crippen molar-refractivity contribution < 1.29 is 21.8 Å². The Morgan fingerprint density at radius 3 is 1.79 bits per heavy atom. The van der Waals surface area contributed by atoms with E-state index in [1.165, 1.54) is 44.8 Å². The third-order valence-electron chi connectivity index (χ3n) is 5.70. The van der Waals surface area contributed by atoms with Gasteiger partial charge in [-0.1, -0.05) is 66.7 Å². The van der Waals surface area contributed by atoms with E-state index in [0.29, 0.717) is 6.04 Å². The van der Waals surface area contributed by atoms with Gasteiger partial charge in [-0.15, -0.1) is 0 Å². The van der Waals surface area contributed by atoms with E-state index in [9.17, 15) is 17.3 Å². The molecule has 1 aliphatic carbocycles. The second-order valence-electron chi connectivity index (χ2n) is 8.30. The summed E-state index contributed by atoms with van der Waals surface area (Å²) in [4.78, 5) is 0. The van der Waals surface area contributed by atoms with Gasteiger partial charge in [0.25, 0.3) is 0 Å². The molecule has 0 spiro atoms. The van der Waals surface area contributed by atoms with Gasteiger partial charge >= 0.3 is 7.25 Å². The molecule has 0 saturated carbocycles. The van der Waals surface area contributed by atoms with Crippen molar-refractivity contribution in [2.45, 2.75) is 26.3 Å². The van der Waals surface area contributed by atoms with E-state index in [0.717, 1.165) is 6.42 Å². The lowest BCUT2D eigenvalue weighted by atomic mass is 9.95. The molecule has 1 heterocycles. The summed E-state index contributed by atoms with van der Waals surface area (Å²) in [5.41, 5.74) is 10.8. The minimum Gasteiger partial charge on any atom is -0.418 e. The van der Waals surface area contributed by atoms with Gasteiger partial charge in [0, 0.05) is 23.6 Å². The fourth-order valence-electron chi connectivity index (χ4n) is 4.50. The standard InChI is InChI=1S/C27H24N.BF4/c1-19(2)28-26(21-13-7-4-8-14-21)18-24(20-11-5-3-6-12-20)25-17-22-15-9-10-16-23(22)27(25)28;2-1(3,4)5/h3-16,18-19H,17H2,1-2H3;/q+1;-1. The topological polar surface area (TPSA) is 3.88 Å². The van der Waals surface area contributed by atoms with E-state index in [2.05, 4.69) is 109 Å². The molecular weight excluding hydrogens is 425 g/mol. The summed E-state index contributed by atoms with van der Waals surface area (Å²) in [6.07, 6.45) is 0.998. The van der Waals surface area contributed by atoms with Crippen LogP contribution in [-0.4, -0.2) is 7.25 Å². The molecule has 3 aromatic carbocycles. The van der Waals surface area contributed by atoms with Crippen molar-refractivity contribution in [3.8, 4) is 33.6 Å². The maximum atomic E-state index is 9.75. The number of benzene rings is 3. The zero-order valence-corrected chi connectivity index (χ0v) is 18.5. The molecule has 168 valence electrons. The molecule has 33 heavy (non-hydrogen) atoms. The number of hydrogen-bond acceptors (Lipinski definition) is 0. The first-order valence-corrected chi connectivity index (χ1v) is 10.9. The molecule has 0 aliphatic heterocycles. The Morgan fingerprint density at radius 2 is 1.21 bits per heavy atom. The van der Waals surface area contributed by atoms with Crippen molar-refractivity contribution in [3.63, 3.8) is 0 Å². The smallest absolute Gasteiger partial charge is 0.418 e. The minimum atomic E-state index is -6.00. The fraction of sp³-hybridized carbons (Fsp3) is 0.148. The molecule has 6 heteroatoms. The SMILES string of the molecule is CC(C)[n+]1c(-c2ccccc2)cc(-c2ccccc2)c2c1-c1ccccc1C2.F[B-](F)(F)F. The Morgan fingerprint density at radius 1 is 0.697 bits per heavy atom. The van der Waals surface area contributed by atoms with Gasteiger partial charge in [-0.25, -0.2) is 0 Å². The minimum absolute atomic E-state index is 0.375. The molecule has 0 radical (unpaired) electrons. The highest BCUT2D eigenvalue weighted by Crippen LogP contribution is 2.42.